The molecule has 0 bridgehead atoms. The molecule has 0 saturated carbocycles. The van der Waals surface area contributed by atoms with E-state index in [0.29, 0.717) is 0 Å². The lowest BCUT2D eigenvalue weighted by atomic mass is 9.96. The molecule has 0 aliphatic carbocycles. The maximum atomic E-state index is 12.3. The molecule has 4 rings (SSSR count). The van der Waals surface area contributed by atoms with Crippen LogP contribution in [0.4, 0.5) is 5.82 Å². The molecule has 226 valence electrons. The molecule has 40 heavy (non-hydrogen) atoms. The molecule has 0 spiro atoms. The van der Waals surface area contributed by atoms with Gasteiger partial charge in [-0.05, 0) is 0 Å². The number of phosphoric ester groups is 2. The molecular weight excluding hydrogens is 592 g/mol. The monoisotopic (exact) mass is 619 g/mol. The molecule has 0 aromatic carbocycles. The topological polar surface area (TPSA) is 332 Å². The fraction of sp³-hybridized carbons (Fsp3) is 0.706. The van der Waals surface area contributed by atoms with Crippen LogP contribution in [0.25, 0.3) is 11.2 Å². The Morgan fingerprint density at radius 1 is 0.975 bits per heavy atom. The van der Waals surface area contributed by atoms with E-state index in [1.807, 2.05) is 0 Å². The van der Waals surface area contributed by atoms with Crippen LogP contribution in [0.15, 0.2) is 12.7 Å². The smallest absolute Gasteiger partial charge is 0.394 e. The van der Waals surface area contributed by atoms with E-state index < -0.39 is 90.2 Å². The van der Waals surface area contributed by atoms with Crippen molar-refractivity contribution in [2.24, 2.45) is 0 Å². The molecule has 21 nitrogen and oxygen atoms in total. The summed E-state index contributed by atoms with van der Waals surface area (Å²) < 4.78 is 49.6. The van der Waals surface area contributed by atoms with Crippen LogP contribution < -0.4 is 5.73 Å². The second-order valence-electron chi connectivity index (χ2n) is 8.74. The molecule has 2 fully saturated rings. The van der Waals surface area contributed by atoms with Crippen molar-refractivity contribution >= 4 is 32.6 Å². The van der Waals surface area contributed by atoms with Crippen molar-refractivity contribution in [1.82, 2.24) is 19.5 Å². The first-order valence-corrected chi connectivity index (χ1v) is 14.3. The van der Waals surface area contributed by atoms with Crippen LogP contribution in [0.5, 0.6) is 0 Å². The number of fused-ring (bicyclic) bond motifs is 1. The summed E-state index contributed by atoms with van der Waals surface area (Å²) in [6.45, 7) is -1.95. The minimum atomic E-state index is -5.65. The zero-order chi connectivity index (χ0) is 29.6. The fourth-order valence-electron chi connectivity index (χ4n) is 4.01. The summed E-state index contributed by atoms with van der Waals surface area (Å²) in [6.07, 6.45) is -16.0. The van der Waals surface area contributed by atoms with Crippen LogP contribution >= 0.6 is 15.6 Å². The lowest BCUT2D eigenvalue weighted by molar-refractivity contribution is -0.292. The van der Waals surface area contributed by atoms with Crippen molar-refractivity contribution in [3.8, 4) is 0 Å². The molecule has 2 aliphatic rings. The summed E-state index contributed by atoms with van der Waals surface area (Å²) in [5.41, 5.74) is 6.03. The number of aliphatic hydroxyl groups is 7. The van der Waals surface area contributed by atoms with Crippen molar-refractivity contribution in [3.05, 3.63) is 12.7 Å². The first-order chi connectivity index (χ1) is 18.7. The summed E-state index contributed by atoms with van der Waals surface area (Å²) in [7, 11) is -11.2. The highest BCUT2D eigenvalue weighted by Crippen LogP contribution is 2.61. The van der Waals surface area contributed by atoms with Gasteiger partial charge in [0.15, 0.2) is 24.0 Å². The van der Waals surface area contributed by atoms with Gasteiger partial charge in [-0.25, -0.2) is 24.1 Å². The first kappa shape index (κ1) is 31.2. The number of aliphatic hydroxyl groups excluding tert-OH is 7. The Morgan fingerprint density at radius 2 is 1.68 bits per heavy atom. The Bertz CT molecular complexity index is 1290. The van der Waals surface area contributed by atoms with E-state index in [9.17, 15) is 49.6 Å². The van der Waals surface area contributed by atoms with Gasteiger partial charge in [-0.1, -0.05) is 0 Å². The van der Waals surface area contributed by atoms with Crippen LogP contribution in [-0.2, 0) is 32.0 Å². The van der Waals surface area contributed by atoms with Crippen LogP contribution in [0.2, 0.25) is 0 Å². The Kier molecular flexibility index (Phi) is 9.25. The third kappa shape index (κ3) is 6.35. The number of anilines is 1. The normalized spacial score (nSPS) is 36.8. The number of nitrogens with zero attached hydrogens (tertiary/aromatic N) is 4. The van der Waals surface area contributed by atoms with Gasteiger partial charge in [0, 0.05) is 0 Å². The van der Waals surface area contributed by atoms with Gasteiger partial charge < -0.3 is 60.7 Å². The average molecular weight is 619 g/mol. The van der Waals surface area contributed by atoms with Gasteiger partial charge in [0.2, 0.25) is 0 Å². The molecule has 0 radical (unpaired) electrons. The van der Waals surface area contributed by atoms with Gasteiger partial charge in [-0.15, -0.1) is 0 Å². The van der Waals surface area contributed by atoms with Gasteiger partial charge in [0.25, 0.3) is 0 Å². The lowest BCUT2D eigenvalue weighted by Crippen LogP contribution is -2.61. The molecule has 23 heteroatoms. The molecule has 2 saturated heterocycles. The van der Waals surface area contributed by atoms with E-state index in [1.165, 1.54) is 10.9 Å². The number of nitrogens with two attached hydrogens (primary N) is 1. The molecule has 11 N–H and O–H groups in total. The van der Waals surface area contributed by atoms with E-state index in [4.69, 9.17) is 20.3 Å². The molecular formula is C17H27N5O16P2. The molecule has 4 heterocycles. The van der Waals surface area contributed by atoms with Gasteiger partial charge >= 0.3 is 15.6 Å². The van der Waals surface area contributed by atoms with Crippen molar-refractivity contribution < 1.29 is 77.5 Å². The average Bonchev–Trinajstić information content (AvgIpc) is 3.43. The van der Waals surface area contributed by atoms with E-state index in [1.54, 1.807) is 0 Å². The largest absolute Gasteiger partial charge is 0.483 e. The van der Waals surface area contributed by atoms with E-state index in [0.717, 1.165) is 6.33 Å². The molecule has 2 aromatic heterocycles. The highest BCUT2D eigenvalue weighted by Gasteiger charge is 2.51. The highest BCUT2D eigenvalue weighted by molar-refractivity contribution is 7.61. The van der Waals surface area contributed by atoms with Gasteiger partial charge in [-0.3, -0.25) is 13.6 Å². The van der Waals surface area contributed by atoms with Crippen LogP contribution in [0, 0.1) is 0 Å². The summed E-state index contributed by atoms with van der Waals surface area (Å²) in [6, 6.07) is 0. The predicted octanol–water partition coefficient (Wildman–Crippen LogP) is -4.56. The summed E-state index contributed by atoms with van der Waals surface area (Å²) >= 11 is 0. The van der Waals surface area contributed by atoms with E-state index in [-0.39, 0.29) is 17.0 Å². The second-order valence-corrected chi connectivity index (χ2v) is 11.7. The molecule has 0 amide bonds. The number of hydrogen-bond donors (Lipinski definition) is 10. The summed E-state index contributed by atoms with van der Waals surface area (Å²) in [5.74, 6) is 0.0302. The minimum absolute atomic E-state index is 0.0302. The summed E-state index contributed by atoms with van der Waals surface area (Å²) in [5, 5.41) is 69.3. The molecule has 2 aromatic rings. The number of aromatic nitrogens is 4. The maximum Gasteiger partial charge on any atom is 0.483 e. The fourth-order valence-corrected chi connectivity index (χ4v) is 6.17. The number of hydrogen-bond acceptors (Lipinski definition) is 18. The Balaban J connectivity index is 1.38. The minimum Gasteiger partial charge on any atom is -0.394 e. The third-order valence-corrected chi connectivity index (χ3v) is 8.62. The Hall–Kier alpha value is -1.75. The lowest BCUT2D eigenvalue weighted by Gasteiger charge is -2.41. The number of phosphoric acid groups is 2. The maximum absolute atomic E-state index is 12.3. The van der Waals surface area contributed by atoms with Crippen molar-refractivity contribution in [2.45, 2.75) is 61.3 Å². The van der Waals surface area contributed by atoms with Gasteiger partial charge in [0.1, 0.15) is 60.7 Å². The summed E-state index contributed by atoms with van der Waals surface area (Å²) in [4.78, 5) is 31.6. The van der Waals surface area contributed by atoms with E-state index >= 15 is 0 Å². The van der Waals surface area contributed by atoms with Crippen LogP contribution in [0.3, 0.4) is 0 Å². The number of imidazole rings is 1. The molecule has 12 atom stereocenters. The number of rotatable bonds is 10. The number of ether oxygens (including phenoxy) is 2. The van der Waals surface area contributed by atoms with Gasteiger partial charge in [-0.2, -0.15) is 4.31 Å². The molecule has 2 unspecified atom stereocenters. The SMILES string of the molecule is Nc1ncnc2c1ncn2[C@@H]1O[C@H](COP(=O)(O)OP(=O)(O)O[C@H]2O[C@@H]([C@H](O)CO)[C@H](O)[C@@H](O)[C@H]2O)[C@@H](O)[C@H]1O. The van der Waals surface area contributed by atoms with Crippen LogP contribution in [0.1, 0.15) is 6.23 Å². The highest BCUT2D eigenvalue weighted by atomic mass is 31.3. The van der Waals surface area contributed by atoms with Gasteiger partial charge in [0.05, 0.1) is 19.5 Å². The first-order valence-electron chi connectivity index (χ1n) is 11.3. The third-order valence-electron chi connectivity index (χ3n) is 6.02. The quantitative estimate of drug-likeness (QED) is 0.112. The van der Waals surface area contributed by atoms with Crippen molar-refractivity contribution in [3.63, 3.8) is 0 Å². The van der Waals surface area contributed by atoms with Crippen LogP contribution in [-0.4, -0.2) is 133 Å². The second kappa shape index (κ2) is 11.9. The Labute approximate surface area is 223 Å². The van der Waals surface area contributed by atoms with Crippen molar-refractivity contribution in [1.29, 1.82) is 0 Å². The molecule has 2 aliphatic heterocycles. The Morgan fingerprint density at radius 3 is 2.35 bits per heavy atom. The van der Waals surface area contributed by atoms with E-state index in [2.05, 4.69) is 28.3 Å². The zero-order valence-corrected chi connectivity index (χ0v) is 21.8. The predicted molar refractivity (Wildman–Crippen MR) is 123 cm³/mol. The zero-order valence-electron chi connectivity index (χ0n) is 20.0. The standard InChI is InChI=1S/C17H27N5O16P2/c18-14-7-15(20-3-19-14)22(4-21-7)16-11(28)8(25)6(35-16)2-34-39(30,31)38-40(32,33)37-17-12(29)9(26)10(27)13(36-17)5(24)1-23/h3-6,8-13,16-17,23-29H,1-2H2,(H,30,31)(H,32,33)(H2,18,19,20)/t5-,6-,8-,9-,10-,11-,12-,13+,16-,17-/m1/s1. The number of nitrogen functional groups attached to an aromatic ring is 1. The van der Waals surface area contributed by atoms with Crippen molar-refractivity contribution in [2.75, 3.05) is 18.9 Å².